The molecule has 0 atom stereocenters. The van der Waals surface area contributed by atoms with Gasteiger partial charge in [0.1, 0.15) is 17.2 Å². The van der Waals surface area contributed by atoms with Gasteiger partial charge in [-0.3, -0.25) is 0 Å². The lowest BCUT2D eigenvalue weighted by Crippen LogP contribution is -2.33. The van der Waals surface area contributed by atoms with E-state index in [1.165, 1.54) is 29.3 Å². The number of carbonyl (C=O) groups excluding carboxylic acids is 1. The zero-order valence-corrected chi connectivity index (χ0v) is 23.7. The highest BCUT2D eigenvalue weighted by molar-refractivity contribution is 7.90. The van der Waals surface area contributed by atoms with Gasteiger partial charge in [0.2, 0.25) is 0 Å². The van der Waals surface area contributed by atoms with Crippen molar-refractivity contribution in [1.29, 1.82) is 0 Å². The van der Waals surface area contributed by atoms with Crippen LogP contribution in [0.25, 0.3) is 22.4 Å². The number of aromatic nitrogens is 1. The van der Waals surface area contributed by atoms with E-state index in [9.17, 15) is 17.6 Å². The number of amides is 1. The molecule has 4 aromatic rings. The summed E-state index contributed by atoms with van der Waals surface area (Å²) in [5.41, 5.74) is 2.80. The molecular formula is C31H31FN2O5S. The Morgan fingerprint density at radius 1 is 1.02 bits per heavy atom. The van der Waals surface area contributed by atoms with Crippen molar-refractivity contribution in [2.75, 3.05) is 13.7 Å². The third kappa shape index (κ3) is 5.60. The smallest absolute Gasteiger partial charge is 0.410 e. The summed E-state index contributed by atoms with van der Waals surface area (Å²) in [4.78, 5) is 14.0. The summed E-state index contributed by atoms with van der Waals surface area (Å²) in [7, 11) is -2.59. The van der Waals surface area contributed by atoms with Crippen molar-refractivity contribution < 1.29 is 27.1 Å². The summed E-state index contributed by atoms with van der Waals surface area (Å²) in [6.45, 7) is 6.00. The summed E-state index contributed by atoms with van der Waals surface area (Å²) in [5, 5.41) is 0. The van der Waals surface area contributed by atoms with Crippen molar-refractivity contribution in [3.63, 3.8) is 0 Å². The SMILES string of the molecule is CN(Cc1cc(-c2ccccc2F)n(S(=O)(=O)c2cccc(-c3ccc4c(c3)CCO4)c2)c1)C(=O)OC(C)(C)C. The third-order valence-electron chi connectivity index (χ3n) is 6.53. The van der Waals surface area contributed by atoms with E-state index in [0.29, 0.717) is 12.2 Å². The second kappa shape index (κ2) is 10.5. The average Bonchev–Trinajstić information content (AvgIpc) is 3.55. The maximum absolute atomic E-state index is 14.9. The number of benzene rings is 3. The van der Waals surface area contributed by atoms with Gasteiger partial charge in [-0.25, -0.2) is 21.6 Å². The van der Waals surface area contributed by atoms with E-state index in [0.717, 1.165) is 32.8 Å². The van der Waals surface area contributed by atoms with Crippen molar-refractivity contribution >= 4 is 16.1 Å². The molecule has 1 amide bonds. The highest BCUT2D eigenvalue weighted by Crippen LogP contribution is 2.33. The highest BCUT2D eigenvalue weighted by atomic mass is 32.2. The van der Waals surface area contributed by atoms with Crippen LogP contribution >= 0.6 is 0 Å². The van der Waals surface area contributed by atoms with Crippen molar-refractivity contribution in [3.05, 3.63) is 95.9 Å². The molecule has 0 bridgehead atoms. The largest absolute Gasteiger partial charge is 0.493 e. The normalized spacial score (nSPS) is 13.0. The van der Waals surface area contributed by atoms with Gasteiger partial charge in [-0.1, -0.05) is 30.3 Å². The number of fused-ring (bicyclic) bond motifs is 1. The summed E-state index contributed by atoms with van der Waals surface area (Å²) < 4.78 is 55.1. The summed E-state index contributed by atoms with van der Waals surface area (Å²) in [6.07, 6.45) is 1.68. The quantitative estimate of drug-likeness (QED) is 0.268. The van der Waals surface area contributed by atoms with Crippen molar-refractivity contribution in [2.24, 2.45) is 0 Å². The standard InChI is InChI=1S/C31H31FN2O5S/c1-31(2,3)39-30(35)33(4)19-21-16-28(26-10-5-6-11-27(26)32)34(20-21)40(36,37)25-9-7-8-22(18-25)23-12-13-29-24(17-23)14-15-38-29/h5-13,16-18,20H,14-15,19H2,1-4H3. The number of halogens is 1. The first kappa shape index (κ1) is 27.5. The molecule has 0 spiro atoms. The second-order valence-electron chi connectivity index (χ2n) is 10.8. The molecule has 1 aliphatic rings. The maximum Gasteiger partial charge on any atom is 0.410 e. The molecule has 2 heterocycles. The van der Waals surface area contributed by atoms with Crippen LogP contribution in [0.4, 0.5) is 9.18 Å². The number of hydrogen-bond donors (Lipinski definition) is 0. The maximum atomic E-state index is 14.9. The van der Waals surface area contributed by atoms with E-state index in [2.05, 4.69) is 0 Å². The van der Waals surface area contributed by atoms with Crippen LogP contribution in [0.2, 0.25) is 0 Å². The number of nitrogens with zero attached hydrogens (tertiary/aromatic N) is 2. The first-order chi connectivity index (χ1) is 18.9. The minimum atomic E-state index is -4.15. The number of hydrogen-bond acceptors (Lipinski definition) is 5. The third-order valence-corrected chi connectivity index (χ3v) is 8.20. The predicted octanol–water partition coefficient (Wildman–Crippen LogP) is 6.50. The molecule has 5 rings (SSSR count). The Kier molecular flexibility index (Phi) is 7.18. The van der Waals surface area contributed by atoms with Crippen LogP contribution in [-0.4, -0.2) is 42.6 Å². The molecule has 0 radical (unpaired) electrons. The molecule has 208 valence electrons. The monoisotopic (exact) mass is 562 g/mol. The fourth-order valence-corrected chi connectivity index (χ4v) is 6.08. The number of ether oxygens (including phenoxy) is 2. The number of rotatable bonds is 6. The van der Waals surface area contributed by atoms with Crippen LogP contribution in [0.1, 0.15) is 31.9 Å². The molecule has 0 N–H and O–H groups in total. The van der Waals surface area contributed by atoms with E-state index in [-0.39, 0.29) is 22.7 Å². The molecule has 1 aromatic heterocycles. The van der Waals surface area contributed by atoms with Gasteiger partial charge in [-0.05, 0) is 85.5 Å². The van der Waals surface area contributed by atoms with Crippen LogP contribution in [0.15, 0.2) is 83.9 Å². The van der Waals surface area contributed by atoms with Gasteiger partial charge < -0.3 is 14.4 Å². The highest BCUT2D eigenvalue weighted by Gasteiger charge is 2.26. The van der Waals surface area contributed by atoms with Crippen molar-refractivity contribution in [1.82, 2.24) is 8.87 Å². The fraction of sp³-hybridized carbons (Fsp3) is 0.258. The molecule has 0 saturated heterocycles. The molecule has 0 aliphatic carbocycles. The summed E-state index contributed by atoms with van der Waals surface area (Å²) in [6, 6.07) is 20.1. The molecule has 3 aromatic carbocycles. The Hall–Kier alpha value is -4.11. The lowest BCUT2D eigenvalue weighted by Gasteiger charge is -2.24. The second-order valence-corrected chi connectivity index (χ2v) is 12.6. The van der Waals surface area contributed by atoms with Crippen LogP contribution in [0.3, 0.4) is 0 Å². The Balaban J connectivity index is 1.55. The minimum absolute atomic E-state index is 0.0574. The molecule has 40 heavy (non-hydrogen) atoms. The zero-order chi connectivity index (χ0) is 28.7. The van der Waals surface area contributed by atoms with Gasteiger partial charge in [0, 0.05) is 25.2 Å². The average molecular weight is 563 g/mol. The lowest BCUT2D eigenvalue weighted by molar-refractivity contribution is 0.0285. The summed E-state index contributed by atoms with van der Waals surface area (Å²) >= 11 is 0. The topological polar surface area (TPSA) is 77.8 Å². The molecule has 7 nitrogen and oxygen atoms in total. The van der Waals surface area contributed by atoms with Gasteiger partial charge in [-0.2, -0.15) is 0 Å². The van der Waals surface area contributed by atoms with Gasteiger partial charge >= 0.3 is 6.09 Å². The Morgan fingerprint density at radius 2 is 1.77 bits per heavy atom. The zero-order valence-electron chi connectivity index (χ0n) is 22.8. The molecular weight excluding hydrogens is 531 g/mol. The molecule has 0 unspecified atom stereocenters. The van der Waals surface area contributed by atoms with Crippen molar-refractivity contribution in [2.45, 2.75) is 44.2 Å². The summed E-state index contributed by atoms with van der Waals surface area (Å²) in [5.74, 6) is 0.288. The number of carbonyl (C=O) groups is 1. The first-order valence-corrected chi connectivity index (χ1v) is 14.4. The van der Waals surface area contributed by atoms with Gasteiger partial charge in [0.25, 0.3) is 10.0 Å². The van der Waals surface area contributed by atoms with E-state index >= 15 is 0 Å². The molecule has 0 fully saturated rings. The molecule has 0 saturated carbocycles. The van der Waals surface area contributed by atoms with E-state index < -0.39 is 27.5 Å². The van der Waals surface area contributed by atoms with Gasteiger partial charge in [0.05, 0.1) is 23.7 Å². The van der Waals surface area contributed by atoms with Crippen molar-refractivity contribution in [3.8, 4) is 28.1 Å². The molecule has 1 aliphatic heterocycles. The Bertz CT molecular complexity index is 1690. The molecule has 9 heteroatoms. The van der Waals surface area contributed by atoms with Crippen LogP contribution < -0.4 is 4.74 Å². The predicted molar refractivity (Wildman–Crippen MR) is 151 cm³/mol. The van der Waals surface area contributed by atoms with Crippen LogP contribution in [-0.2, 0) is 27.7 Å². The Labute approximate surface area is 233 Å². The van der Waals surface area contributed by atoms with Gasteiger partial charge in [-0.15, -0.1) is 0 Å². The van der Waals surface area contributed by atoms with Crippen LogP contribution in [0.5, 0.6) is 5.75 Å². The minimum Gasteiger partial charge on any atom is -0.493 e. The van der Waals surface area contributed by atoms with E-state index in [1.807, 2.05) is 24.3 Å². The van der Waals surface area contributed by atoms with Crippen LogP contribution in [0, 0.1) is 5.82 Å². The van der Waals surface area contributed by atoms with Gasteiger partial charge in [0.15, 0.2) is 0 Å². The first-order valence-electron chi connectivity index (χ1n) is 12.9. The lowest BCUT2D eigenvalue weighted by atomic mass is 10.0. The van der Waals surface area contributed by atoms with E-state index in [1.54, 1.807) is 58.2 Å². The fourth-order valence-electron chi connectivity index (χ4n) is 4.64. The Morgan fingerprint density at radius 3 is 2.52 bits per heavy atom. The van der Waals surface area contributed by atoms with E-state index in [4.69, 9.17) is 9.47 Å².